The quantitative estimate of drug-likeness (QED) is 0.749. The van der Waals surface area contributed by atoms with Crippen LogP contribution in [0.4, 0.5) is 0 Å². The van der Waals surface area contributed by atoms with Crippen LogP contribution in [0.3, 0.4) is 0 Å². The Labute approximate surface area is 146 Å². The van der Waals surface area contributed by atoms with E-state index in [1.807, 2.05) is 18.4 Å². The number of aryl methyl sites for hydroxylation is 1. The van der Waals surface area contributed by atoms with Gasteiger partial charge in [-0.1, -0.05) is 23.2 Å². The maximum absolute atomic E-state index is 12.7. The summed E-state index contributed by atoms with van der Waals surface area (Å²) in [5.41, 5.74) is 1.35. The molecule has 1 fully saturated rings. The van der Waals surface area contributed by atoms with Crippen LogP contribution >= 0.6 is 46.3 Å². The second kappa shape index (κ2) is 6.62. The van der Waals surface area contributed by atoms with E-state index in [0.29, 0.717) is 22.2 Å². The molecule has 1 aliphatic rings. The van der Waals surface area contributed by atoms with Gasteiger partial charge < -0.3 is 4.90 Å². The number of carbonyl (C=O) groups excluding carboxylic acids is 1. The summed E-state index contributed by atoms with van der Waals surface area (Å²) >= 11 is 15.3. The van der Waals surface area contributed by atoms with Gasteiger partial charge in [-0.2, -0.15) is 0 Å². The Morgan fingerprint density at radius 2 is 2.23 bits per heavy atom. The van der Waals surface area contributed by atoms with Crippen LogP contribution in [0.25, 0.3) is 6.08 Å². The van der Waals surface area contributed by atoms with Gasteiger partial charge in [0.15, 0.2) is 0 Å². The Bertz CT molecular complexity index is 758. The first kappa shape index (κ1) is 15.9. The van der Waals surface area contributed by atoms with Gasteiger partial charge in [0.2, 0.25) is 0 Å². The van der Waals surface area contributed by atoms with E-state index in [9.17, 15) is 4.79 Å². The van der Waals surface area contributed by atoms with Gasteiger partial charge in [0.25, 0.3) is 5.91 Å². The molecule has 3 nitrogen and oxygen atoms in total. The number of rotatable bonds is 2. The number of thioether (sulfide) groups is 1. The Kier molecular flexibility index (Phi) is 4.78. The van der Waals surface area contributed by atoms with Crippen molar-refractivity contribution in [3.63, 3.8) is 0 Å². The molecule has 2 aromatic rings. The van der Waals surface area contributed by atoms with E-state index >= 15 is 0 Å². The fraction of sp³-hybridized carbons (Fsp3) is 0.200. The SMILES string of the molecule is Cc1nc(/C=C2/SCCN2C(=O)c2ccc(Cl)cc2Cl)cs1. The number of hydrogen-bond acceptors (Lipinski definition) is 4. The van der Waals surface area contributed by atoms with Gasteiger partial charge in [-0.25, -0.2) is 4.98 Å². The molecule has 0 bridgehead atoms. The Hall–Kier alpha value is -1.01. The van der Waals surface area contributed by atoms with Crippen LogP contribution in [-0.4, -0.2) is 28.1 Å². The van der Waals surface area contributed by atoms with E-state index < -0.39 is 0 Å². The lowest BCUT2D eigenvalue weighted by molar-refractivity contribution is 0.0831. The van der Waals surface area contributed by atoms with Crippen LogP contribution in [0.1, 0.15) is 21.1 Å². The molecule has 0 aliphatic carbocycles. The van der Waals surface area contributed by atoms with Gasteiger partial charge in [-0.3, -0.25) is 4.79 Å². The zero-order valence-electron chi connectivity index (χ0n) is 11.7. The van der Waals surface area contributed by atoms with Gasteiger partial charge in [0.1, 0.15) is 0 Å². The lowest BCUT2D eigenvalue weighted by Gasteiger charge is -2.17. The maximum atomic E-state index is 12.7. The fourth-order valence-corrected chi connectivity index (χ4v) is 4.21. The molecule has 1 amide bonds. The highest BCUT2D eigenvalue weighted by atomic mass is 35.5. The topological polar surface area (TPSA) is 33.2 Å². The Morgan fingerprint density at radius 3 is 2.91 bits per heavy atom. The molecule has 0 N–H and O–H groups in total. The van der Waals surface area contributed by atoms with Gasteiger partial charge in [-0.05, 0) is 31.2 Å². The molecule has 7 heteroatoms. The molecule has 0 radical (unpaired) electrons. The molecule has 1 aromatic carbocycles. The third kappa shape index (κ3) is 3.33. The van der Waals surface area contributed by atoms with E-state index in [-0.39, 0.29) is 5.91 Å². The van der Waals surface area contributed by atoms with Crippen LogP contribution in [0, 0.1) is 6.92 Å². The van der Waals surface area contributed by atoms with E-state index in [2.05, 4.69) is 4.98 Å². The van der Waals surface area contributed by atoms with Crippen molar-refractivity contribution in [2.24, 2.45) is 0 Å². The molecule has 0 saturated carbocycles. The van der Waals surface area contributed by atoms with Crippen LogP contribution in [0.2, 0.25) is 10.0 Å². The molecule has 0 atom stereocenters. The van der Waals surface area contributed by atoms with E-state index in [4.69, 9.17) is 23.2 Å². The van der Waals surface area contributed by atoms with Crippen LogP contribution in [0.15, 0.2) is 28.6 Å². The van der Waals surface area contributed by atoms with Crippen molar-refractivity contribution in [1.82, 2.24) is 9.88 Å². The van der Waals surface area contributed by atoms with Gasteiger partial charge in [-0.15, -0.1) is 23.1 Å². The summed E-state index contributed by atoms with van der Waals surface area (Å²) in [6.07, 6.45) is 1.95. The van der Waals surface area contributed by atoms with Crippen molar-refractivity contribution in [3.8, 4) is 0 Å². The molecule has 1 aliphatic heterocycles. The van der Waals surface area contributed by atoms with Crippen LogP contribution < -0.4 is 0 Å². The summed E-state index contributed by atoms with van der Waals surface area (Å²) in [7, 11) is 0. The Morgan fingerprint density at radius 1 is 1.41 bits per heavy atom. The van der Waals surface area contributed by atoms with E-state index in [1.165, 1.54) is 0 Å². The summed E-state index contributed by atoms with van der Waals surface area (Å²) in [4.78, 5) is 18.9. The largest absolute Gasteiger partial charge is 0.302 e. The fourth-order valence-electron chi connectivity index (χ4n) is 2.13. The molecule has 1 saturated heterocycles. The highest BCUT2D eigenvalue weighted by Gasteiger charge is 2.26. The molecule has 2 heterocycles. The number of carbonyl (C=O) groups is 1. The average Bonchev–Trinajstić information content (AvgIpc) is 3.08. The first-order chi connectivity index (χ1) is 10.5. The standard InChI is InChI=1S/C15H12Cl2N2OS2/c1-9-18-11(8-22-9)7-14-19(4-5-21-14)15(20)12-3-2-10(16)6-13(12)17/h2-3,6-8H,4-5H2,1H3/b14-7+. The molecule has 1 aromatic heterocycles. The summed E-state index contributed by atoms with van der Waals surface area (Å²) in [6, 6.07) is 4.93. The summed E-state index contributed by atoms with van der Waals surface area (Å²) in [5, 5.41) is 4.79. The third-order valence-corrected chi connectivity index (χ3v) is 5.51. The van der Waals surface area contributed by atoms with Crippen molar-refractivity contribution in [3.05, 3.63) is 54.9 Å². The third-order valence-electron chi connectivity index (χ3n) is 3.15. The van der Waals surface area contributed by atoms with Crippen LogP contribution in [0.5, 0.6) is 0 Å². The first-order valence-electron chi connectivity index (χ1n) is 6.58. The predicted molar refractivity (Wildman–Crippen MR) is 94.8 cm³/mol. The molecule has 22 heavy (non-hydrogen) atoms. The lowest BCUT2D eigenvalue weighted by Crippen LogP contribution is -2.27. The second-order valence-electron chi connectivity index (χ2n) is 4.70. The number of nitrogens with zero attached hydrogens (tertiary/aromatic N) is 2. The van der Waals surface area contributed by atoms with Gasteiger partial charge in [0, 0.05) is 22.7 Å². The number of hydrogen-bond donors (Lipinski definition) is 0. The molecule has 0 spiro atoms. The highest BCUT2D eigenvalue weighted by molar-refractivity contribution is 8.03. The highest BCUT2D eigenvalue weighted by Crippen LogP contribution is 2.33. The minimum absolute atomic E-state index is 0.107. The van der Waals surface area contributed by atoms with E-state index in [1.54, 1.807) is 46.2 Å². The second-order valence-corrected chi connectivity index (χ2v) is 7.72. The molecule has 0 unspecified atom stereocenters. The van der Waals surface area contributed by atoms with Crippen molar-refractivity contribution >= 4 is 58.3 Å². The van der Waals surface area contributed by atoms with Crippen LogP contribution in [-0.2, 0) is 0 Å². The minimum atomic E-state index is -0.107. The Balaban J connectivity index is 1.89. The summed E-state index contributed by atoms with van der Waals surface area (Å²) in [5.74, 6) is 0.760. The molecule has 114 valence electrons. The molecule has 3 rings (SSSR count). The number of aromatic nitrogens is 1. The normalized spacial score (nSPS) is 16.5. The van der Waals surface area contributed by atoms with Crippen molar-refractivity contribution in [2.75, 3.05) is 12.3 Å². The monoisotopic (exact) mass is 370 g/mol. The average molecular weight is 371 g/mol. The predicted octanol–water partition coefficient (Wildman–Crippen LogP) is 4.95. The number of halogens is 2. The van der Waals surface area contributed by atoms with Gasteiger partial charge in [0.05, 0.1) is 26.3 Å². The van der Waals surface area contributed by atoms with Crippen molar-refractivity contribution < 1.29 is 4.79 Å². The number of amides is 1. The lowest BCUT2D eigenvalue weighted by atomic mass is 10.2. The van der Waals surface area contributed by atoms with E-state index in [0.717, 1.165) is 21.5 Å². The smallest absolute Gasteiger partial charge is 0.260 e. The maximum Gasteiger partial charge on any atom is 0.260 e. The zero-order chi connectivity index (χ0) is 15.7. The molecular weight excluding hydrogens is 359 g/mol. The minimum Gasteiger partial charge on any atom is -0.302 e. The van der Waals surface area contributed by atoms with Crippen molar-refractivity contribution in [2.45, 2.75) is 6.92 Å². The first-order valence-corrected chi connectivity index (χ1v) is 9.20. The number of benzene rings is 1. The summed E-state index contributed by atoms with van der Waals surface area (Å²) < 4.78 is 0. The summed E-state index contributed by atoms with van der Waals surface area (Å²) in [6.45, 7) is 2.63. The number of thiazole rings is 1. The molecular formula is C15H12Cl2N2OS2. The zero-order valence-corrected chi connectivity index (χ0v) is 14.8. The van der Waals surface area contributed by atoms with Gasteiger partial charge >= 0.3 is 0 Å². The van der Waals surface area contributed by atoms with Crippen molar-refractivity contribution in [1.29, 1.82) is 0 Å².